The summed E-state index contributed by atoms with van der Waals surface area (Å²) in [7, 11) is 0. The maximum Gasteiger partial charge on any atom is 0.404 e. The van der Waals surface area contributed by atoms with Crippen LogP contribution in [-0.4, -0.2) is 35.3 Å². The van der Waals surface area contributed by atoms with Crippen LogP contribution in [-0.2, 0) is 0 Å². The number of fused-ring (bicyclic) bond motifs is 1. The van der Waals surface area contributed by atoms with Gasteiger partial charge in [-0.1, -0.05) is 18.2 Å². The lowest BCUT2D eigenvalue weighted by Gasteiger charge is -2.21. The minimum atomic E-state index is -0.976. The fraction of sp³-hybridized carbons (Fsp3) is 0.238. The highest BCUT2D eigenvalue weighted by molar-refractivity contribution is 5.93. The zero-order chi connectivity index (χ0) is 18.8. The smallest absolute Gasteiger partial charge is 0.404 e. The third-order valence-electron chi connectivity index (χ3n) is 4.72. The number of hydrogen-bond acceptors (Lipinski definition) is 4. The van der Waals surface area contributed by atoms with Gasteiger partial charge < -0.3 is 20.1 Å². The molecule has 0 bridgehead atoms. The summed E-state index contributed by atoms with van der Waals surface area (Å²) >= 11 is 0. The molecule has 0 saturated carbocycles. The number of ether oxygens (including phenoxy) is 1. The Hall–Kier alpha value is -3.28. The van der Waals surface area contributed by atoms with E-state index in [0.717, 1.165) is 46.7 Å². The van der Waals surface area contributed by atoms with Crippen LogP contribution in [0, 0.1) is 6.92 Å². The molecule has 6 nitrogen and oxygen atoms in total. The molecule has 1 fully saturated rings. The van der Waals surface area contributed by atoms with E-state index < -0.39 is 6.09 Å². The molecule has 138 valence electrons. The number of benzene rings is 2. The van der Waals surface area contributed by atoms with Crippen molar-refractivity contribution in [2.24, 2.45) is 0 Å². The van der Waals surface area contributed by atoms with Crippen LogP contribution in [0.5, 0.6) is 11.5 Å². The number of carbonyl (C=O) groups is 1. The average molecular weight is 363 g/mol. The Labute approximate surface area is 157 Å². The predicted octanol–water partition coefficient (Wildman–Crippen LogP) is 4.18. The molecular weight excluding hydrogens is 342 g/mol. The van der Waals surface area contributed by atoms with E-state index in [-0.39, 0.29) is 6.04 Å². The minimum absolute atomic E-state index is 0.0604. The molecule has 1 amide bonds. The minimum Gasteiger partial charge on any atom is -0.465 e. The number of nitrogens with one attached hydrogen (secondary N) is 1. The van der Waals surface area contributed by atoms with Gasteiger partial charge in [-0.15, -0.1) is 0 Å². The Kier molecular flexibility index (Phi) is 4.54. The highest BCUT2D eigenvalue weighted by Gasteiger charge is 2.25. The second-order valence-corrected chi connectivity index (χ2v) is 6.76. The van der Waals surface area contributed by atoms with Crippen molar-refractivity contribution in [2.75, 3.05) is 18.0 Å². The number of anilines is 1. The highest BCUT2D eigenvalue weighted by Crippen LogP contribution is 2.33. The summed E-state index contributed by atoms with van der Waals surface area (Å²) in [5.41, 5.74) is 2.90. The first-order valence-electron chi connectivity index (χ1n) is 8.97. The van der Waals surface area contributed by atoms with Gasteiger partial charge in [-0.25, -0.2) is 4.79 Å². The number of nitrogens with zero attached hydrogens (tertiary/aromatic N) is 2. The molecule has 27 heavy (non-hydrogen) atoms. The van der Waals surface area contributed by atoms with Gasteiger partial charge in [0, 0.05) is 29.9 Å². The van der Waals surface area contributed by atoms with Gasteiger partial charge in [0.05, 0.1) is 11.6 Å². The van der Waals surface area contributed by atoms with Gasteiger partial charge in [0.2, 0.25) is 0 Å². The van der Waals surface area contributed by atoms with Gasteiger partial charge in [0.15, 0.2) is 0 Å². The number of para-hydroxylation sites is 1. The first kappa shape index (κ1) is 17.1. The van der Waals surface area contributed by atoms with Crippen LogP contribution in [0.1, 0.15) is 12.1 Å². The molecule has 2 aromatic carbocycles. The number of hydrogen-bond donors (Lipinski definition) is 2. The number of carboxylic acid groups (broad SMARTS) is 1. The normalized spacial score (nSPS) is 16.5. The molecule has 3 aromatic rings. The van der Waals surface area contributed by atoms with Gasteiger partial charge in [0.1, 0.15) is 11.5 Å². The third kappa shape index (κ3) is 3.79. The van der Waals surface area contributed by atoms with Crippen LogP contribution in [0.3, 0.4) is 0 Å². The summed E-state index contributed by atoms with van der Waals surface area (Å²) in [4.78, 5) is 17.8. The average Bonchev–Trinajstić information content (AvgIpc) is 3.10. The van der Waals surface area contributed by atoms with Crippen molar-refractivity contribution in [2.45, 2.75) is 19.4 Å². The van der Waals surface area contributed by atoms with Gasteiger partial charge in [0.25, 0.3) is 0 Å². The first-order chi connectivity index (χ1) is 13.1. The maximum absolute atomic E-state index is 10.9. The van der Waals surface area contributed by atoms with Crippen molar-refractivity contribution in [3.8, 4) is 11.5 Å². The van der Waals surface area contributed by atoms with Crippen LogP contribution in [0.15, 0.2) is 54.6 Å². The zero-order valence-corrected chi connectivity index (χ0v) is 15.1. The van der Waals surface area contributed by atoms with E-state index >= 15 is 0 Å². The van der Waals surface area contributed by atoms with E-state index in [9.17, 15) is 4.79 Å². The molecule has 2 N–H and O–H groups in total. The van der Waals surface area contributed by atoms with E-state index in [4.69, 9.17) is 9.84 Å². The first-order valence-corrected chi connectivity index (χ1v) is 8.97. The van der Waals surface area contributed by atoms with E-state index in [0.29, 0.717) is 6.54 Å². The van der Waals surface area contributed by atoms with Crippen molar-refractivity contribution in [1.29, 1.82) is 0 Å². The van der Waals surface area contributed by atoms with Crippen LogP contribution in [0.25, 0.3) is 10.9 Å². The summed E-state index contributed by atoms with van der Waals surface area (Å²) < 4.78 is 5.97. The van der Waals surface area contributed by atoms with Crippen molar-refractivity contribution in [1.82, 2.24) is 10.3 Å². The zero-order valence-electron chi connectivity index (χ0n) is 15.1. The monoisotopic (exact) mass is 363 g/mol. The third-order valence-corrected chi connectivity index (χ3v) is 4.72. The Balaban J connectivity index is 1.67. The van der Waals surface area contributed by atoms with Crippen molar-refractivity contribution >= 4 is 22.7 Å². The summed E-state index contributed by atoms with van der Waals surface area (Å²) in [5.74, 6) is 1.53. The molecule has 6 heteroatoms. The molecule has 1 aliphatic rings. The molecule has 0 radical (unpaired) electrons. The summed E-state index contributed by atoms with van der Waals surface area (Å²) in [6.45, 7) is 3.42. The maximum atomic E-state index is 10.9. The quantitative estimate of drug-likeness (QED) is 0.727. The topological polar surface area (TPSA) is 74.7 Å². The molecule has 1 unspecified atom stereocenters. The Morgan fingerprint density at radius 1 is 1.19 bits per heavy atom. The van der Waals surface area contributed by atoms with Crippen molar-refractivity contribution < 1.29 is 14.6 Å². The predicted molar refractivity (Wildman–Crippen MR) is 105 cm³/mol. The molecule has 1 aliphatic heterocycles. The molecule has 0 aliphatic carbocycles. The molecule has 1 saturated heterocycles. The Morgan fingerprint density at radius 3 is 2.78 bits per heavy atom. The number of aromatic nitrogens is 1. The fourth-order valence-corrected chi connectivity index (χ4v) is 3.54. The summed E-state index contributed by atoms with van der Waals surface area (Å²) in [6, 6.07) is 17.5. The Bertz CT molecular complexity index is 975. The molecule has 2 heterocycles. The van der Waals surface area contributed by atoms with E-state index in [1.165, 1.54) is 0 Å². The van der Waals surface area contributed by atoms with E-state index in [1.54, 1.807) is 0 Å². The lowest BCUT2D eigenvalue weighted by atomic mass is 10.1. The van der Waals surface area contributed by atoms with E-state index in [2.05, 4.69) is 21.3 Å². The molecule has 1 aromatic heterocycles. The van der Waals surface area contributed by atoms with E-state index in [1.807, 2.05) is 55.5 Å². The SMILES string of the molecule is Cc1cc(N2CCC(NC(=O)O)C2)c2cc(Oc3ccccc3)ccc2n1. The summed E-state index contributed by atoms with van der Waals surface area (Å²) in [5, 5.41) is 12.6. The number of rotatable bonds is 4. The van der Waals surface area contributed by atoms with Crippen LogP contribution < -0.4 is 15.0 Å². The number of aryl methyl sites for hydroxylation is 1. The molecule has 4 rings (SSSR count). The van der Waals surface area contributed by atoms with Crippen LogP contribution in [0.4, 0.5) is 10.5 Å². The molecular formula is C21H21N3O3. The molecule has 1 atom stereocenters. The fourth-order valence-electron chi connectivity index (χ4n) is 3.54. The summed E-state index contributed by atoms with van der Waals surface area (Å²) in [6.07, 6.45) is -0.189. The van der Waals surface area contributed by atoms with Crippen LogP contribution in [0.2, 0.25) is 0 Å². The van der Waals surface area contributed by atoms with Gasteiger partial charge >= 0.3 is 6.09 Å². The van der Waals surface area contributed by atoms with Gasteiger partial charge in [-0.3, -0.25) is 4.98 Å². The van der Waals surface area contributed by atoms with Gasteiger partial charge in [-0.05, 0) is 49.7 Å². The molecule has 0 spiro atoms. The van der Waals surface area contributed by atoms with Crippen molar-refractivity contribution in [3.63, 3.8) is 0 Å². The second-order valence-electron chi connectivity index (χ2n) is 6.76. The number of pyridine rings is 1. The number of amides is 1. The van der Waals surface area contributed by atoms with Crippen molar-refractivity contribution in [3.05, 3.63) is 60.3 Å². The second kappa shape index (κ2) is 7.15. The lowest BCUT2D eigenvalue weighted by molar-refractivity contribution is 0.191. The lowest BCUT2D eigenvalue weighted by Crippen LogP contribution is -2.36. The largest absolute Gasteiger partial charge is 0.465 e. The van der Waals surface area contributed by atoms with Gasteiger partial charge in [-0.2, -0.15) is 0 Å². The highest BCUT2D eigenvalue weighted by atomic mass is 16.5. The Morgan fingerprint density at radius 2 is 2.00 bits per heavy atom. The standard InChI is InChI=1S/C21H21N3O3/c1-14-11-20(24-10-9-15(13-24)23-21(25)26)18-12-17(7-8-19(18)22-14)27-16-5-3-2-4-6-16/h2-8,11-12,15,23H,9-10,13H2,1H3,(H,25,26). The van der Waals surface area contributed by atoms with Crippen LogP contribution >= 0.6 is 0 Å².